The first-order valence-electron chi connectivity index (χ1n) is 4.73. The third-order valence-corrected chi connectivity index (χ3v) is 3.17. The van der Waals surface area contributed by atoms with Crippen LogP contribution in [-0.2, 0) is 4.79 Å². The number of hydrogen-bond acceptors (Lipinski definition) is 5. The molecule has 2 heterocycles. The summed E-state index contributed by atoms with van der Waals surface area (Å²) in [5.41, 5.74) is 8.88. The minimum absolute atomic E-state index is 0.105. The molecule has 16 heavy (non-hydrogen) atoms. The summed E-state index contributed by atoms with van der Waals surface area (Å²) in [6.07, 6.45) is 0.190. The molecule has 0 saturated carbocycles. The van der Waals surface area contributed by atoms with Gasteiger partial charge in [-0.2, -0.15) is 10.1 Å². The highest BCUT2D eigenvalue weighted by Gasteiger charge is 2.23. The molecule has 2 aromatic rings. The molecule has 0 radical (unpaired) electrons. The molecule has 0 spiro atoms. The van der Waals surface area contributed by atoms with E-state index in [4.69, 9.17) is 5.73 Å². The monoisotopic (exact) mass is 232 g/mol. The molecule has 0 bridgehead atoms. The highest BCUT2D eigenvalue weighted by atomic mass is 32.1. The minimum Gasteiger partial charge on any atom is -0.385 e. The van der Waals surface area contributed by atoms with Gasteiger partial charge in [-0.05, 0) is 18.2 Å². The van der Waals surface area contributed by atoms with Gasteiger partial charge in [-0.25, -0.2) is 4.98 Å². The predicted molar refractivity (Wildman–Crippen MR) is 63.3 cm³/mol. The predicted octanol–water partition coefficient (Wildman–Crippen LogP) is 1.31. The van der Waals surface area contributed by atoms with Crippen molar-refractivity contribution >= 4 is 39.0 Å². The number of hydrazone groups is 1. The summed E-state index contributed by atoms with van der Waals surface area (Å²) in [5.74, 6) is 0.246. The number of aromatic nitrogens is 1. The molecule has 6 heteroatoms. The first kappa shape index (κ1) is 9.29. The number of thiazole rings is 1. The summed E-state index contributed by atoms with van der Waals surface area (Å²) in [4.78, 5) is 15.8. The van der Waals surface area contributed by atoms with Crippen molar-refractivity contribution in [1.82, 2.24) is 4.98 Å². The van der Waals surface area contributed by atoms with Crippen molar-refractivity contribution in [2.24, 2.45) is 10.8 Å². The van der Waals surface area contributed by atoms with Crippen LogP contribution in [0.4, 0.5) is 5.69 Å². The average Bonchev–Trinajstić information content (AvgIpc) is 2.83. The molecule has 0 unspecified atom stereocenters. The number of amides is 1. The molecule has 1 aromatic heterocycles. The summed E-state index contributed by atoms with van der Waals surface area (Å²) >= 11 is 1.56. The molecule has 1 aliphatic rings. The lowest BCUT2D eigenvalue weighted by atomic mass is 10.3. The van der Waals surface area contributed by atoms with Crippen molar-refractivity contribution in [3.63, 3.8) is 0 Å². The van der Waals surface area contributed by atoms with Gasteiger partial charge in [0, 0.05) is 0 Å². The third-order valence-electron chi connectivity index (χ3n) is 2.36. The number of hydrogen-bond donors (Lipinski definition) is 1. The fourth-order valence-electron chi connectivity index (χ4n) is 1.63. The zero-order valence-corrected chi connectivity index (χ0v) is 9.07. The van der Waals surface area contributed by atoms with Crippen molar-refractivity contribution in [3.05, 3.63) is 23.7 Å². The second-order valence-corrected chi connectivity index (χ2v) is 4.36. The second-order valence-electron chi connectivity index (χ2n) is 3.48. The van der Waals surface area contributed by atoms with Crippen LogP contribution in [0, 0.1) is 0 Å². The van der Waals surface area contributed by atoms with Crippen LogP contribution in [0.2, 0.25) is 0 Å². The quantitative estimate of drug-likeness (QED) is 0.805. The van der Waals surface area contributed by atoms with Gasteiger partial charge in [-0.3, -0.25) is 4.79 Å². The van der Waals surface area contributed by atoms with Crippen molar-refractivity contribution < 1.29 is 4.79 Å². The minimum atomic E-state index is -0.105. The summed E-state index contributed by atoms with van der Waals surface area (Å²) < 4.78 is 1.09. The second kappa shape index (κ2) is 3.28. The Hall–Kier alpha value is -1.95. The highest BCUT2D eigenvalue weighted by Crippen LogP contribution is 2.26. The van der Waals surface area contributed by atoms with Crippen LogP contribution in [0.1, 0.15) is 6.42 Å². The van der Waals surface area contributed by atoms with Gasteiger partial charge in [0.15, 0.2) is 0 Å². The van der Waals surface area contributed by atoms with Crippen molar-refractivity contribution in [1.29, 1.82) is 0 Å². The topological polar surface area (TPSA) is 71.6 Å². The van der Waals surface area contributed by atoms with E-state index in [-0.39, 0.29) is 12.3 Å². The Morgan fingerprint density at radius 3 is 3.06 bits per heavy atom. The van der Waals surface area contributed by atoms with E-state index in [1.807, 2.05) is 18.2 Å². The summed E-state index contributed by atoms with van der Waals surface area (Å²) in [6, 6.07) is 5.62. The number of nitrogens with zero attached hydrogens (tertiary/aromatic N) is 3. The van der Waals surface area contributed by atoms with Gasteiger partial charge in [0.05, 0.1) is 27.8 Å². The fraction of sp³-hybridized carbons (Fsp3) is 0.100. The SMILES string of the molecule is NC1=NN(c2ccc3scnc3c2)C(=O)C1. The van der Waals surface area contributed by atoms with Crippen LogP contribution >= 0.6 is 11.3 Å². The molecule has 5 nitrogen and oxygen atoms in total. The molecule has 1 aromatic carbocycles. The van der Waals surface area contributed by atoms with E-state index < -0.39 is 0 Å². The molecule has 1 amide bonds. The largest absolute Gasteiger partial charge is 0.385 e. The number of carbonyl (C=O) groups excluding carboxylic acids is 1. The fourth-order valence-corrected chi connectivity index (χ4v) is 2.29. The molecular weight excluding hydrogens is 224 g/mol. The smallest absolute Gasteiger partial charge is 0.255 e. The number of benzene rings is 1. The van der Waals surface area contributed by atoms with Crippen molar-refractivity contribution in [2.45, 2.75) is 6.42 Å². The van der Waals surface area contributed by atoms with Gasteiger partial charge in [0.25, 0.3) is 5.91 Å². The highest BCUT2D eigenvalue weighted by molar-refractivity contribution is 7.16. The Kier molecular flexibility index (Phi) is 1.90. The lowest BCUT2D eigenvalue weighted by molar-refractivity contribution is -0.116. The Morgan fingerprint density at radius 2 is 2.31 bits per heavy atom. The number of fused-ring (bicyclic) bond motifs is 1. The normalized spacial score (nSPS) is 15.9. The van der Waals surface area contributed by atoms with Crippen molar-refractivity contribution in [2.75, 3.05) is 5.01 Å². The van der Waals surface area contributed by atoms with Gasteiger partial charge in [0.2, 0.25) is 0 Å². The lowest BCUT2D eigenvalue weighted by Gasteiger charge is -2.10. The molecule has 0 saturated heterocycles. The molecule has 80 valence electrons. The van der Waals surface area contributed by atoms with E-state index in [1.54, 1.807) is 16.8 Å². The van der Waals surface area contributed by atoms with E-state index in [2.05, 4.69) is 10.1 Å². The number of carbonyl (C=O) groups is 1. The summed E-state index contributed by atoms with van der Waals surface area (Å²) in [6.45, 7) is 0. The first-order chi connectivity index (χ1) is 7.74. The Balaban J connectivity index is 2.08. The molecular formula is C10H8N4OS. The number of rotatable bonds is 1. The molecule has 0 aliphatic carbocycles. The zero-order chi connectivity index (χ0) is 11.1. The zero-order valence-electron chi connectivity index (χ0n) is 8.25. The number of nitrogens with two attached hydrogens (primary N) is 1. The van der Waals surface area contributed by atoms with Crippen LogP contribution in [0.25, 0.3) is 10.2 Å². The number of amidine groups is 1. The molecule has 0 atom stereocenters. The summed E-state index contributed by atoms with van der Waals surface area (Å²) in [7, 11) is 0. The van der Waals surface area contributed by atoms with Gasteiger partial charge in [-0.1, -0.05) is 0 Å². The van der Waals surface area contributed by atoms with Crippen LogP contribution < -0.4 is 10.7 Å². The third kappa shape index (κ3) is 1.35. The maximum atomic E-state index is 11.6. The maximum absolute atomic E-state index is 11.6. The van der Waals surface area contributed by atoms with Crippen LogP contribution in [0.15, 0.2) is 28.8 Å². The number of anilines is 1. The standard InChI is InChI=1S/C10H8N4OS/c11-9-4-10(15)14(13-9)6-1-2-8-7(3-6)12-5-16-8/h1-3,5H,4H2,(H2,11,13). The first-order valence-corrected chi connectivity index (χ1v) is 5.61. The summed E-state index contributed by atoms with van der Waals surface area (Å²) in [5, 5.41) is 5.31. The Labute approximate surface area is 95.2 Å². The molecule has 2 N–H and O–H groups in total. The Bertz CT molecular complexity index is 604. The van der Waals surface area contributed by atoms with Crippen molar-refractivity contribution in [3.8, 4) is 0 Å². The molecule has 1 aliphatic heterocycles. The lowest BCUT2D eigenvalue weighted by Crippen LogP contribution is -2.19. The Morgan fingerprint density at radius 1 is 1.44 bits per heavy atom. The molecule has 3 rings (SSSR count). The van der Waals surface area contributed by atoms with Gasteiger partial charge < -0.3 is 5.73 Å². The van der Waals surface area contributed by atoms with E-state index in [9.17, 15) is 4.79 Å². The average molecular weight is 232 g/mol. The maximum Gasteiger partial charge on any atom is 0.255 e. The van der Waals surface area contributed by atoms with Gasteiger partial charge in [-0.15, -0.1) is 11.3 Å². The van der Waals surface area contributed by atoms with Crippen LogP contribution in [-0.4, -0.2) is 16.7 Å². The van der Waals surface area contributed by atoms with E-state index in [0.29, 0.717) is 11.5 Å². The van der Waals surface area contributed by atoms with E-state index in [0.717, 1.165) is 10.2 Å². The van der Waals surface area contributed by atoms with Gasteiger partial charge in [0.1, 0.15) is 5.84 Å². The van der Waals surface area contributed by atoms with Crippen LogP contribution in [0.3, 0.4) is 0 Å². The van der Waals surface area contributed by atoms with Crippen LogP contribution in [0.5, 0.6) is 0 Å². The van der Waals surface area contributed by atoms with E-state index in [1.165, 1.54) is 5.01 Å². The molecule has 0 fully saturated rings. The van der Waals surface area contributed by atoms with Gasteiger partial charge >= 0.3 is 0 Å². The van der Waals surface area contributed by atoms with E-state index >= 15 is 0 Å².